The molecular formula is C8H13N. The highest BCUT2D eigenvalue weighted by atomic mass is 14.3. The van der Waals surface area contributed by atoms with Gasteiger partial charge in [0.15, 0.2) is 0 Å². The molecule has 0 aliphatic rings. The van der Waals surface area contributed by atoms with E-state index in [9.17, 15) is 0 Å². The Balaban J connectivity index is 3.80. The standard InChI is InChI=1S/C8H13N/c1-3-5-8(7-9)6-4-2/h3,5,7,9H,1,4,6H2,2H3/b8-5-,9-7?. The Morgan fingerprint density at radius 2 is 2.33 bits per heavy atom. The van der Waals surface area contributed by atoms with Gasteiger partial charge in [-0.3, -0.25) is 0 Å². The predicted octanol–water partition coefficient (Wildman–Crippen LogP) is 2.55. The zero-order valence-electron chi connectivity index (χ0n) is 5.85. The minimum absolute atomic E-state index is 0.982. The van der Waals surface area contributed by atoms with Gasteiger partial charge in [-0.1, -0.05) is 32.1 Å². The van der Waals surface area contributed by atoms with Crippen LogP contribution in [0.15, 0.2) is 24.3 Å². The third-order valence-electron chi connectivity index (χ3n) is 1.06. The maximum atomic E-state index is 6.93. The summed E-state index contributed by atoms with van der Waals surface area (Å²) in [5.74, 6) is 0. The van der Waals surface area contributed by atoms with Crippen molar-refractivity contribution in [2.24, 2.45) is 0 Å². The number of hydrogen-bond acceptors (Lipinski definition) is 1. The summed E-state index contributed by atoms with van der Waals surface area (Å²) in [5, 5.41) is 6.93. The van der Waals surface area contributed by atoms with Gasteiger partial charge in [0.1, 0.15) is 0 Å². The molecule has 1 heteroatoms. The molecule has 0 aromatic rings. The minimum Gasteiger partial charge on any atom is -0.308 e. The first kappa shape index (κ1) is 8.15. The molecule has 0 rings (SSSR count). The van der Waals surface area contributed by atoms with Gasteiger partial charge < -0.3 is 5.41 Å². The molecule has 0 spiro atoms. The summed E-state index contributed by atoms with van der Waals surface area (Å²) < 4.78 is 0. The summed E-state index contributed by atoms with van der Waals surface area (Å²) in [6.45, 7) is 5.65. The molecule has 0 unspecified atom stereocenters. The first-order valence-electron chi connectivity index (χ1n) is 3.17. The molecule has 0 heterocycles. The Labute approximate surface area is 56.6 Å². The van der Waals surface area contributed by atoms with Crippen molar-refractivity contribution in [1.29, 1.82) is 5.41 Å². The molecule has 0 aromatic heterocycles. The van der Waals surface area contributed by atoms with E-state index in [1.807, 2.05) is 6.08 Å². The van der Waals surface area contributed by atoms with Gasteiger partial charge in [0, 0.05) is 6.21 Å². The van der Waals surface area contributed by atoms with Gasteiger partial charge in [0.25, 0.3) is 0 Å². The van der Waals surface area contributed by atoms with Gasteiger partial charge in [-0.15, -0.1) is 0 Å². The second kappa shape index (κ2) is 5.29. The lowest BCUT2D eigenvalue weighted by atomic mass is 10.1. The third-order valence-corrected chi connectivity index (χ3v) is 1.06. The van der Waals surface area contributed by atoms with Crippen LogP contribution < -0.4 is 0 Å². The highest BCUT2D eigenvalue weighted by molar-refractivity contribution is 5.75. The van der Waals surface area contributed by atoms with Crippen LogP contribution in [0.2, 0.25) is 0 Å². The molecule has 0 saturated carbocycles. The molecule has 0 radical (unpaired) electrons. The summed E-state index contributed by atoms with van der Waals surface area (Å²) >= 11 is 0. The molecule has 0 aliphatic carbocycles. The van der Waals surface area contributed by atoms with Gasteiger partial charge in [0.2, 0.25) is 0 Å². The predicted molar refractivity (Wildman–Crippen MR) is 42.0 cm³/mol. The Bertz CT molecular complexity index is 123. The molecule has 0 atom stereocenters. The van der Waals surface area contributed by atoms with Crippen LogP contribution in [0.4, 0.5) is 0 Å². The van der Waals surface area contributed by atoms with E-state index in [1.165, 1.54) is 6.21 Å². The second-order valence-electron chi connectivity index (χ2n) is 1.87. The van der Waals surface area contributed by atoms with Gasteiger partial charge in [-0.2, -0.15) is 0 Å². The molecular weight excluding hydrogens is 110 g/mol. The van der Waals surface area contributed by atoms with Crippen LogP contribution >= 0.6 is 0 Å². The zero-order valence-corrected chi connectivity index (χ0v) is 5.85. The molecule has 0 aliphatic heterocycles. The first-order chi connectivity index (χ1) is 4.35. The number of hydrogen-bond donors (Lipinski definition) is 1. The Hall–Kier alpha value is -0.850. The van der Waals surface area contributed by atoms with Gasteiger partial charge >= 0.3 is 0 Å². The quantitative estimate of drug-likeness (QED) is 0.439. The fourth-order valence-corrected chi connectivity index (χ4v) is 0.644. The SMILES string of the molecule is C=C/C=C(\C=N)CCC. The Morgan fingerprint density at radius 1 is 1.67 bits per heavy atom. The van der Waals surface area contributed by atoms with E-state index < -0.39 is 0 Å². The molecule has 0 bridgehead atoms. The average molecular weight is 123 g/mol. The van der Waals surface area contributed by atoms with Crippen molar-refractivity contribution in [1.82, 2.24) is 0 Å². The second-order valence-corrected chi connectivity index (χ2v) is 1.87. The monoisotopic (exact) mass is 123 g/mol. The summed E-state index contributed by atoms with van der Waals surface area (Å²) in [7, 11) is 0. The van der Waals surface area contributed by atoms with Gasteiger partial charge in [0.05, 0.1) is 0 Å². The maximum Gasteiger partial charge on any atom is 0.0209 e. The van der Waals surface area contributed by atoms with Crippen LogP contribution in [0, 0.1) is 5.41 Å². The third kappa shape index (κ3) is 3.71. The summed E-state index contributed by atoms with van der Waals surface area (Å²) in [4.78, 5) is 0. The van der Waals surface area contributed by atoms with Crippen LogP contribution in [0.25, 0.3) is 0 Å². The minimum atomic E-state index is 0.982. The smallest absolute Gasteiger partial charge is 0.0209 e. The largest absolute Gasteiger partial charge is 0.308 e. The van der Waals surface area contributed by atoms with Crippen molar-refractivity contribution in [3.63, 3.8) is 0 Å². The van der Waals surface area contributed by atoms with E-state index in [0.717, 1.165) is 18.4 Å². The molecule has 0 aromatic carbocycles. The first-order valence-corrected chi connectivity index (χ1v) is 3.17. The highest BCUT2D eigenvalue weighted by Crippen LogP contribution is 2.00. The van der Waals surface area contributed by atoms with E-state index in [1.54, 1.807) is 6.08 Å². The van der Waals surface area contributed by atoms with Crippen molar-refractivity contribution in [3.8, 4) is 0 Å². The molecule has 0 fully saturated rings. The van der Waals surface area contributed by atoms with Gasteiger partial charge in [-0.25, -0.2) is 0 Å². The average Bonchev–Trinajstić information content (AvgIpc) is 1.88. The number of nitrogens with one attached hydrogen (secondary N) is 1. The van der Waals surface area contributed by atoms with Crippen LogP contribution in [0.1, 0.15) is 19.8 Å². The van der Waals surface area contributed by atoms with Crippen molar-refractivity contribution in [3.05, 3.63) is 24.3 Å². The topological polar surface area (TPSA) is 23.9 Å². The van der Waals surface area contributed by atoms with E-state index in [0.29, 0.717) is 0 Å². The van der Waals surface area contributed by atoms with Gasteiger partial charge in [-0.05, 0) is 12.0 Å². The lowest BCUT2D eigenvalue weighted by Crippen LogP contribution is -1.80. The maximum absolute atomic E-state index is 6.93. The fourth-order valence-electron chi connectivity index (χ4n) is 0.644. The van der Waals surface area contributed by atoms with E-state index in [4.69, 9.17) is 5.41 Å². The highest BCUT2D eigenvalue weighted by Gasteiger charge is 1.85. The van der Waals surface area contributed by atoms with Crippen LogP contribution in [0.3, 0.4) is 0 Å². The van der Waals surface area contributed by atoms with E-state index >= 15 is 0 Å². The fraction of sp³-hybridized carbons (Fsp3) is 0.375. The molecule has 1 nitrogen and oxygen atoms in total. The molecule has 50 valence electrons. The van der Waals surface area contributed by atoms with Crippen molar-refractivity contribution >= 4 is 6.21 Å². The number of rotatable bonds is 4. The Morgan fingerprint density at radius 3 is 2.67 bits per heavy atom. The molecule has 0 amide bonds. The van der Waals surface area contributed by atoms with E-state index in [-0.39, 0.29) is 0 Å². The lowest BCUT2D eigenvalue weighted by molar-refractivity contribution is 0.938. The van der Waals surface area contributed by atoms with Crippen molar-refractivity contribution in [2.75, 3.05) is 0 Å². The molecule has 0 saturated heterocycles. The van der Waals surface area contributed by atoms with Crippen LogP contribution in [-0.4, -0.2) is 6.21 Å². The number of allylic oxidation sites excluding steroid dienone is 3. The van der Waals surface area contributed by atoms with Crippen LogP contribution in [0.5, 0.6) is 0 Å². The van der Waals surface area contributed by atoms with E-state index in [2.05, 4.69) is 13.5 Å². The molecule has 1 N–H and O–H groups in total. The lowest BCUT2D eigenvalue weighted by Gasteiger charge is -1.92. The summed E-state index contributed by atoms with van der Waals surface area (Å²) in [6.07, 6.45) is 7.04. The summed E-state index contributed by atoms with van der Waals surface area (Å²) in [5.41, 5.74) is 1.05. The summed E-state index contributed by atoms with van der Waals surface area (Å²) in [6, 6.07) is 0. The normalized spacial score (nSPS) is 11.0. The van der Waals surface area contributed by atoms with Crippen molar-refractivity contribution < 1.29 is 0 Å². The van der Waals surface area contributed by atoms with Crippen molar-refractivity contribution in [2.45, 2.75) is 19.8 Å². The van der Waals surface area contributed by atoms with Crippen LogP contribution in [-0.2, 0) is 0 Å². The Kier molecular flexibility index (Phi) is 4.79. The molecule has 9 heavy (non-hydrogen) atoms. The zero-order chi connectivity index (χ0) is 7.11.